The zero-order valence-corrected chi connectivity index (χ0v) is 16.0. The largest absolute Gasteiger partial charge is 0.415 e. The molecule has 22 heavy (non-hydrogen) atoms. The van der Waals surface area contributed by atoms with Crippen molar-refractivity contribution in [2.45, 2.75) is 70.6 Å². The van der Waals surface area contributed by atoms with Crippen LogP contribution in [-0.4, -0.2) is 40.7 Å². The average molecular weight is 331 g/mol. The van der Waals surface area contributed by atoms with E-state index in [1.165, 1.54) is 5.57 Å². The predicted molar refractivity (Wildman–Crippen MR) is 91.7 cm³/mol. The molecule has 2 N–H and O–H groups in total. The molecule has 128 valence electrons. The number of urea groups is 1. The molecule has 0 bridgehead atoms. The minimum Gasteiger partial charge on any atom is -0.415 e. The van der Waals surface area contributed by atoms with Gasteiger partial charge in [0.1, 0.15) is 6.67 Å². The van der Waals surface area contributed by atoms with E-state index in [9.17, 15) is 9.18 Å². The van der Waals surface area contributed by atoms with Gasteiger partial charge in [-0.1, -0.05) is 26.8 Å². The van der Waals surface area contributed by atoms with E-state index >= 15 is 0 Å². The molecule has 1 aliphatic rings. The van der Waals surface area contributed by atoms with Gasteiger partial charge in [-0.3, -0.25) is 0 Å². The number of carbonyl (C=O) groups excluding carboxylic acids is 1. The summed E-state index contributed by atoms with van der Waals surface area (Å²) in [6, 6.07) is -0.300. The molecule has 1 aliphatic carbocycles. The van der Waals surface area contributed by atoms with E-state index in [1.54, 1.807) is 0 Å². The summed E-state index contributed by atoms with van der Waals surface area (Å²) in [5.41, 5.74) is 0.987. The summed E-state index contributed by atoms with van der Waals surface area (Å²) in [5, 5.41) is 5.65. The quantitative estimate of drug-likeness (QED) is 0.581. The van der Waals surface area contributed by atoms with Crippen LogP contribution in [0.1, 0.15) is 53.9 Å². The molecule has 0 aromatic heterocycles. The molecule has 1 rings (SSSR count). The number of hydrogen-bond acceptors (Lipinski definition) is 2. The van der Waals surface area contributed by atoms with Gasteiger partial charge in [-0.25, -0.2) is 9.18 Å². The monoisotopic (exact) mass is 330 g/mol. The van der Waals surface area contributed by atoms with Crippen molar-refractivity contribution in [2.24, 2.45) is 0 Å². The predicted octanol–water partition coefficient (Wildman–Crippen LogP) is 2.83. The second-order valence-electron chi connectivity index (χ2n) is 7.64. The molecule has 0 aromatic rings. The van der Waals surface area contributed by atoms with Crippen LogP contribution in [0.3, 0.4) is 0 Å². The molecule has 0 aliphatic heterocycles. The Balaban J connectivity index is 2.63. The van der Waals surface area contributed by atoms with Crippen LogP contribution < -0.4 is 10.6 Å². The molecular weight excluding hydrogens is 299 g/mol. The maximum Gasteiger partial charge on any atom is 0.315 e. The number of alkyl halides is 1. The maximum atomic E-state index is 12.1. The van der Waals surface area contributed by atoms with Crippen molar-refractivity contribution < 1.29 is 13.6 Å². The van der Waals surface area contributed by atoms with Gasteiger partial charge in [-0.2, -0.15) is 0 Å². The van der Waals surface area contributed by atoms with Crippen molar-refractivity contribution in [1.29, 1.82) is 0 Å². The Morgan fingerprint density at radius 1 is 1.41 bits per heavy atom. The van der Waals surface area contributed by atoms with E-state index in [2.05, 4.69) is 51.3 Å². The van der Waals surface area contributed by atoms with Crippen LogP contribution in [0.5, 0.6) is 0 Å². The molecule has 6 heteroatoms. The molecule has 0 saturated carbocycles. The molecule has 1 unspecified atom stereocenters. The third kappa shape index (κ3) is 6.92. The van der Waals surface area contributed by atoms with Crippen LogP contribution in [0.2, 0.25) is 5.04 Å². The van der Waals surface area contributed by atoms with Crippen molar-refractivity contribution in [3.8, 4) is 0 Å². The molecule has 4 nitrogen and oxygen atoms in total. The van der Waals surface area contributed by atoms with Crippen LogP contribution >= 0.6 is 0 Å². The van der Waals surface area contributed by atoms with Crippen LogP contribution in [0, 0.1) is 0 Å². The first-order chi connectivity index (χ1) is 10.1. The molecule has 1 atom stereocenters. The lowest BCUT2D eigenvalue weighted by Crippen LogP contribution is -2.44. The van der Waals surface area contributed by atoms with E-state index in [-0.39, 0.29) is 29.3 Å². The molecule has 0 fully saturated rings. The van der Waals surface area contributed by atoms with E-state index in [4.69, 9.17) is 4.43 Å². The first kappa shape index (κ1) is 19.2. The Hall–Kier alpha value is -0.883. The summed E-state index contributed by atoms with van der Waals surface area (Å²) in [4.78, 5) is 11.6. The second-order valence-corrected chi connectivity index (χ2v) is 10.3. The van der Waals surface area contributed by atoms with E-state index in [0.29, 0.717) is 0 Å². The highest BCUT2D eigenvalue weighted by Gasteiger charge is 2.29. The topological polar surface area (TPSA) is 50.4 Å². The van der Waals surface area contributed by atoms with Gasteiger partial charge in [0.05, 0.1) is 5.60 Å². The Kier molecular flexibility index (Phi) is 7.06. The van der Waals surface area contributed by atoms with Gasteiger partial charge in [-0.05, 0) is 43.7 Å². The van der Waals surface area contributed by atoms with Crippen LogP contribution in [0.15, 0.2) is 11.6 Å². The second kappa shape index (κ2) is 8.11. The summed E-state index contributed by atoms with van der Waals surface area (Å²) >= 11 is 0. The van der Waals surface area contributed by atoms with Crippen molar-refractivity contribution >= 4 is 15.8 Å². The van der Waals surface area contributed by atoms with E-state index < -0.39 is 16.4 Å². The SMILES string of the molecule is CC(C)(C)[SiH2]OC(C)(C)C1=CC(NC(=O)NCCF)CCC1. The molecule has 2 amide bonds. The lowest BCUT2D eigenvalue weighted by molar-refractivity contribution is 0.142. The Morgan fingerprint density at radius 3 is 2.68 bits per heavy atom. The molecule has 0 spiro atoms. The lowest BCUT2D eigenvalue weighted by atomic mass is 9.86. The number of nitrogens with one attached hydrogen (secondary N) is 2. The number of carbonyl (C=O) groups is 1. The van der Waals surface area contributed by atoms with Crippen LogP contribution in [-0.2, 0) is 4.43 Å². The Morgan fingerprint density at radius 2 is 2.09 bits per heavy atom. The third-order valence-corrected chi connectivity index (χ3v) is 5.43. The third-order valence-electron chi connectivity index (χ3n) is 3.70. The van der Waals surface area contributed by atoms with Gasteiger partial charge in [0.15, 0.2) is 9.76 Å². The fourth-order valence-electron chi connectivity index (χ4n) is 2.41. The van der Waals surface area contributed by atoms with Gasteiger partial charge in [0.2, 0.25) is 0 Å². The normalized spacial score (nSPS) is 20.1. The van der Waals surface area contributed by atoms with Crippen molar-refractivity contribution in [3.05, 3.63) is 11.6 Å². The van der Waals surface area contributed by atoms with Gasteiger partial charge in [0, 0.05) is 12.6 Å². The highest BCUT2D eigenvalue weighted by atomic mass is 28.2. The number of hydrogen-bond donors (Lipinski definition) is 2. The fourth-order valence-corrected chi connectivity index (χ4v) is 3.39. The van der Waals surface area contributed by atoms with Crippen LogP contribution in [0.4, 0.5) is 9.18 Å². The van der Waals surface area contributed by atoms with Gasteiger partial charge in [-0.15, -0.1) is 0 Å². The van der Waals surface area contributed by atoms with Gasteiger partial charge >= 0.3 is 6.03 Å². The van der Waals surface area contributed by atoms with Crippen molar-refractivity contribution in [3.63, 3.8) is 0 Å². The van der Waals surface area contributed by atoms with E-state index in [0.717, 1.165) is 19.3 Å². The first-order valence-corrected chi connectivity index (χ1v) is 9.38. The molecule has 0 aromatic carbocycles. The first-order valence-electron chi connectivity index (χ1n) is 8.09. The maximum absolute atomic E-state index is 12.1. The molecule has 0 heterocycles. The minimum absolute atomic E-state index is 0.00235. The minimum atomic E-state index is -0.632. The fraction of sp³-hybridized carbons (Fsp3) is 0.812. The average Bonchev–Trinajstić information content (AvgIpc) is 2.43. The van der Waals surface area contributed by atoms with Crippen molar-refractivity contribution in [1.82, 2.24) is 10.6 Å². The number of rotatable bonds is 6. The zero-order chi connectivity index (χ0) is 16.8. The highest BCUT2D eigenvalue weighted by molar-refractivity contribution is 6.31. The lowest BCUT2D eigenvalue weighted by Gasteiger charge is -2.35. The number of halogens is 1. The molecule has 0 saturated heterocycles. The highest BCUT2D eigenvalue weighted by Crippen LogP contribution is 2.32. The summed E-state index contributed by atoms with van der Waals surface area (Å²) in [5.74, 6) is 0. The summed E-state index contributed by atoms with van der Waals surface area (Å²) in [7, 11) is -0.632. The van der Waals surface area contributed by atoms with Crippen LogP contribution in [0.25, 0.3) is 0 Å². The molecule has 0 radical (unpaired) electrons. The smallest absolute Gasteiger partial charge is 0.315 e. The van der Waals surface area contributed by atoms with Gasteiger partial charge < -0.3 is 15.1 Å². The van der Waals surface area contributed by atoms with Gasteiger partial charge in [0.25, 0.3) is 0 Å². The van der Waals surface area contributed by atoms with Crippen molar-refractivity contribution in [2.75, 3.05) is 13.2 Å². The Bertz CT molecular complexity index is 405. The summed E-state index contributed by atoms with van der Waals surface area (Å²) < 4.78 is 18.3. The standard InChI is InChI=1S/C16H31FN2O2Si/c1-15(2,3)22-21-16(4,5)12-7-6-8-13(11-12)19-14(20)18-10-9-17/h11,13H,6-10,22H2,1-5H3,(H2,18,19,20). The molecular formula is C16H31FN2O2Si. The number of amides is 2. The van der Waals surface area contributed by atoms with E-state index in [1.807, 2.05) is 0 Å². The summed E-state index contributed by atoms with van der Waals surface area (Å²) in [6.45, 7) is 10.4. The summed E-state index contributed by atoms with van der Waals surface area (Å²) in [6.07, 6.45) is 5.08. The Labute approximate surface area is 136 Å². The zero-order valence-electron chi connectivity index (χ0n) is 14.6.